The van der Waals surface area contributed by atoms with E-state index in [-0.39, 0.29) is 0 Å². The molecular weight excluding hydrogens is 268 g/mol. The van der Waals surface area contributed by atoms with Crippen molar-refractivity contribution in [2.45, 2.75) is 84.2 Å². The van der Waals surface area contributed by atoms with Crippen molar-refractivity contribution >= 4 is 0 Å². The first-order chi connectivity index (χ1) is 10.7. The van der Waals surface area contributed by atoms with Gasteiger partial charge in [0, 0.05) is 7.11 Å². The van der Waals surface area contributed by atoms with Gasteiger partial charge in [0.15, 0.2) is 0 Å². The van der Waals surface area contributed by atoms with Crippen molar-refractivity contribution < 1.29 is 4.74 Å². The van der Waals surface area contributed by atoms with Crippen molar-refractivity contribution in [1.82, 2.24) is 0 Å². The number of hydrogen-bond acceptors (Lipinski definition) is 1. The largest absolute Gasteiger partial charge is 0.381 e. The molecule has 22 heavy (non-hydrogen) atoms. The summed E-state index contributed by atoms with van der Waals surface area (Å²) in [6.07, 6.45) is 17.4. The van der Waals surface area contributed by atoms with Crippen molar-refractivity contribution in [2.24, 2.45) is 28.6 Å². The zero-order valence-electron chi connectivity index (χ0n) is 14.9. The minimum atomic E-state index is 0.463. The monoisotopic (exact) mass is 302 g/mol. The van der Waals surface area contributed by atoms with Crippen molar-refractivity contribution in [2.75, 3.05) is 7.11 Å². The molecule has 0 amide bonds. The first kappa shape index (κ1) is 15.2. The lowest BCUT2D eigenvalue weighted by Crippen LogP contribution is -2.51. The second-order valence-electron chi connectivity index (χ2n) is 8.90. The topological polar surface area (TPSA) is 9.23 Å². The highest BCUT2D eigenvalue weighted by Gasteiger charge is 2.59. The number of ether oxygens (including phenoxy) is 1. The molecule has 4 aliphatic carbocycles. The number of hydrogen-bond donors (Lipinski definition) is 0. The molecule has 0 radical (unpaired) electrons. The third kappa shape index (κ3) is 1.87. The Labute approximate surface area is 136 Å². The Kier molecular flexibility index (Phi) is 3.72. The van der Waals surface area contributed by atoms with Gasteiger partial charge in [0.1, 0.15) is 0 Å². The molecule has 0 spiro atoms. The van der Waals surface area contributed by atoms with Crippen LogP contribution in [0.1, 0.15) is 78.1 Å². The maximum absolute atomic E-state index is 5.91. The average Bonchev–Trinajstić information content (AvgIpc) is 2.90. The molecule has 3 fully saturated rings. The molecule has 4 rings (SSSR count). The SMILES string of the molecule is CCC12CCCCC1=CCC1C2CCC2(C)C(OC)CCC12. The van der Waals surface area contributed by atoms with Gasteiger partial charge in [-0.2, -0.15) is 0 Å². The highest BCUT2D eigenvalue weighted by atomic mass is 16.5. The van der Waals surface area contributed by atoms with E-state index in [1.54, 1.807) is 0 Å². The van der Waals surface area contributed by atoms with E-state index in [0.29, 0.717) is 16.9 Å². The second kappa shape index (κ2) is 5.36. The van der Waals surface area contributed by atoms with Crippen LogP contribution in [0.4, 0.5) is 0 Å². The van der Waals surface area contributed by atoms with Gasteiger partial charge in [0.05, 0.1) is 6.10 Å². The van der Waals surface area contributed by atoms with Gasteiger partial charge >= 0.3 is 0 Å². The lowest BCUT2D eigenvalue weighted by molar-refractivity contribution is -0.0824. The molecule has 6 unspecified atom stereocenters. The fourth-order valence-electron chi connectivity index (χ4n) is 7.48. The summed E-state index contributed by atoms with van der Waals surface area (Å²) in [4.78, 5) is 0. The van der Waals surface area contributed by atoms with Gasteiger partial charge in [-0.05, 0) is 86.4 Å². The van der Waals surface area contributed by atoms with Crippen LogP contribution in [-0.2, 0) is 4.74 Å². The Morgan fingerprint density at radius 3 is 2.77 bits per heavy atom. The van der Waals surface area contributed by atoms with Gasteiger partial charge in [0.2, 0.25) is 0 Å². The minimum Gasteiger partial charge on any atom is -0.381 e. The minimum absolute atomic E-state index is 0.463. The predicted molar refractivity (Wildman–Crippen MR) is 91.7 cm³/mol. The summed E-state index contributed by atoms with van der Waals surface area (Å²) in [5.74, 6) is 2.84. The van der Waals surface area contributed by atoms with E-state index in [4.69, 9.17) is 4.74 Å². The molecule has 6 atom stereocenters. The third-order valence-corrected chi connectivity index (χ3v) is 8.57. The molecule has 0 saturated heterocycles. The number of allylic oxidation sites excluding steroid dienone is 2. The lowest BCUT2D eigenvalue weighted by atomic mass is 9.47. The standard InChI is InChI=1S/C21H34O/c1-4-21-13-6-5-7-15(21)8-9-16-17-10-11-19(22-3)20(17,2)14-12-18(16)21/h8,16-19H,4-7,9-14H2,1-3H3. The van der Waals surface area contributed by atoms with Crippen molar-refractivity contribution in [3.8, 4) is 0 Å². The third-order valence-electron chi connectivity index (χ3n) is 8.57. The first-order valence-corrected chi connectivity index (χ1v) is 9.88. The van der Waals surface area contributed by atoms with E-state index in [2.05, 4.69) is 19.9 Å². The fraction of sp³-hybridized carbons (Fsp3) is 0.905. The molecule has 3 saturated carbocycles. The predicted octanol–water partition coefficient (Wildman–Crippen LogP) is 5.74. The van der Waals surface area contributed by atoms with E-state index in [0.717, 1.165) is 17.8 Å². The number of rotatable bonds is 2. The summed E-state index contributed by atoms with van der Waals surface area (Å²) < 4.78 is 5.91. The van der Waals surface area contributed by atoms with Crippen molar-refractivity contribution in [1.29, 1.82) is 0 Å². The van der Waals surface area contributed by atoms with Crippen LogP contribution in [0.2, 0.25) is 0 Å². The molecule has 1 nitrogen and oxygen atoms in total. The van der Waals surface area contributed by atoms with Crippen LogP contribution in [0.5, 0.6) is 0 Å². The second-order valence-corrected chi connectivity index (χ2v) is 8.90. The molecule has 0 aromatic rings. The Hall–Kier alpha value is -0.300. The van der Waals surface area contributed by atoms with Crippen molar-refractivity contribution in [3.05, 3.63) is 11.6 Å². The van der Waals surface area contributed by atoms with Crippen molar-refractivity contribution in [3.63, 3.8) is 0 Å². The summed E-state index contributed by atoms with van der Waals surface area (Å²) in [6, 6.07) is 0. The maximum atomic E-state index is 5.91. The van der Waals surface area contributed by atoms with Gasteiger partial charge in [-0.1, -0.05) is 31.9 Å². The summed E-state index contributed by atoms with van der Waals surface area (Å²) in [5, 5.41) is 0. The van der Waals surface area contributed by atoms with Crippen LogP contribution in [0.15, 0.2) is 11.6 Å². The smallest absolute Gasteiger partial charge is 0.0627 e. The molecule has 0 aromatic carbocycles. The molecule has 1 heteroatoms. The summed E-state index contributed by atoms with van der Waals surface area (Å²) >= 11 is 0. The lowest BCUT2D eigenvalue weighted by Gasteiger charge is -2.58. The van der Waals surface area contributed by atoms with Gasteiger partial charge in [-0.25, -0.2) is 0 Å². The molecule has 4 aliphatic rings. The van der Waals surface area contributed by atoms with E-state index in [1.165, 1.54) is 64.2 Å². The van der Waals surface area contributed by atoms with Gasteiger partial charge in [-0.15, -0.1) is 0 Å². The average molecular weight is 303 g/mol. The summed E-state index contributed by atoms with van der Waals surface area (Å²) in [5.41, 5.74) is 2.92. The van der Waals surface area contributed by atoms with Crippen LogP contribution in [0, 0.1) is 28.6 Å². The van der Waals surface area contributed by atoms with Crippen LogP contribution >= 0.6 is 0 Å². The van der Waals surface area contributed by atoms with Crippen LogP contribution in [-0.4, -0.2) is 13.2 Å². The maximum Gasteiger partial charge on any atom is 0.0627 e. The number of methoxy groups -OCH3 is 1. The molecule has 0 N–H and O–H groups in total. The zero-order chi connectivity index (χ0) is 15.4. The van der Waals surface area contributed by atoms with E-state index < -0.39 is 0 Å². The highest BCUT2D eigenvalue weighted by molar-refractivity contribution is 5.25. The molecule has 0 heterocycles. The van der Waals surface area contributed by atoms with Gasteiger partial charge in [0.25, 0.3) is 0 Å². The summed E-state index contributed by atoms with van der Waals surface area (Å²) in [6.45, 7) is 5.02. The first-order valence-electron chi connectivity index (χ1n) is 9.88. The van der Waals surface area contributed by atoms with Crippen LogP contribution in [0.25, 0.3) is 0 Å². The van der Waals surface area contributed by atoms with E-state index in [1.807, 2.05) is 12.7 Å². The molecule has 124 valence electrons. The van der Waals surface area contributed by atoms with Crippen LogP contribution in [0.3, 0.4) is 0 Å². The Bertz CT molecular complexity index is 467. The quantitative estimate of drug-likeness (QED) is 0.591. The van der Waals surface area contributed by atoms with Gasteiger partial charge in [-0.3, -0.25) is 0 Å². The zero-order valence-corrected chi connectivity index (χ0v) is 14.9. The Morgan fingerprint density at radius 1 is 1.14 bits per heavy atom. The number of fused-ring (bicyclic) bond motifs is 5. The van der Waals surface area contributed by atoms with Gasteiger partial charge < -0.3 is 4.74 Å². The van der Waals surface area contributed by atoms with E-state index >= 15 is 0 Å². The highest BCUT2D eigenvalue weighted by Crippen LogP contribution is 2.66. The molecule has 0 aromatic heterocycles. The molecule has 0 bridgehead atoms. The molecular formula is C21H34O. The Balaban J connectivity index is 1.69. The normalized spacial score (nSPS) is 50.8. The van der Waals surface area contributed by atoms with Crippen LogP contribution < -0.4 is 0 Å². The summed E-state index contributed by atoms with van der Waals surface area (Å²) in [7, 11) is 1.94. The van der Waals surface area contributed by atoms with E-state index in [9.17, 15) is 0 Å². The Morgan fingerprint density at radius 2 is 2.00 bits per heavy atom. The fourth-order valence-corrected chi connectivity index (χ4v) is 7.48. The molecule has 0 aliphatic heterocycles.